The Morgan fingerprint density at radius 2 is 2.31 bits per heavy atom. The summed E-state index contributed by atoms with van der Waals surface area (Å²) in [4.78, 5) is 0. The van der Waals surface area contributed by atoms with Crippen molar-refractivity contribution in [3.8, 4) is 0 Å². The molecule has 0 amide bonds. The largest absolute Gasteiger partial charge is 0.395 e. The highest BCUT2D eigenvalue weighted by Crippen LogP contribution is 2.17. The fourth-order valence-corrected chi connectivity index (χ4v) is 1.11. The monoisotopic (exact) mass is 209 g/mol. The number of nitrogens with two attached hydrogens (primary N) is 1. The van der Waals surface area contributed by atoms with Gasteiger partial charge in [0.15, 0.2) is 0 Å². The summed E-state index contributed by atoms with van der Waals surface area (Å²) in [5.41, 5.74) is 5.78. The molecule has 0 aliphatic carbocycles. The minimum Gasteiger partial charge on any atom is -0.395 e. The quantitative estimate of drug-likeness (QED) is 0.826. The van der Waals surface area contributed by atoms with Gasteiger partial charge in [0, 0.05) is 13.0 Å². The summed E-state index contributed by atoms with van der Waals surface area (Å²) in [6.45, 7) is 0.375. The van der Waals surface area contributed by atoms with Gasteiger partial charge in [-0.3, -0.25) is 4.68 Å². The van der Waals surface area contributed by atoms with Crippen LogP contribution in [0.5, 0.6) is 0 Å². The average molecular weight is 210 g/mol. The number of nitrogen functional groups attached to an aromatic ring is 1. The van der Waals surface area contributed by atoms with E-state index >= 15 is 0 Å². The second-order valence-electron chi connectivity index (χ2n) is 2.65. The van der Waals surface area contributed by atoms with Crippen molar-refractivity contribution in [2.45, 2.75) is 25.8 Å². The number of aromatic nitrogens is 2. The summed E-state index contributed by atoms with van der Waals surface area (Å²) in [5, 5.41) is 4.14. The molecule has 0 atom stereocenters. The van der Waals surface area contributed by atoms with Crippen molar-refractivity contribution >= 4 is 17.3 Å². The van der Waals surface area contributed by atoms with E-state index in [9.17, 15) is 8.78 Å². The molecule has 2 N–H and O–H groups in total. The van der Waals surface area contributed by atoms with Crippen LogP contribution in [0.2, 0.25) is 5.15 Å². The number of halogens is 3. The number of alkyl halides is 2. The van der Waals surface area contributed by atoms with Crippen LogP contribution in [0.1, 0.15) is 12.8 Å². The minimum absolute atomic E-state index is 0.143. The molecule has 0 aliphatic rings. The molecule has 0 radical (unpaired) electrons. The van der Waals surface area contributed by atoms with E-state index in [-0.39, 0.29) is 6.42 Å². The van der Waals surface area contributed by atoms with Crippen LogP contribution in [0.15, 0.2) is 6.20 Å². The number of aryl methyl sites for hydroxylation is 1. The molecule has 3 nitrogen and oxygen atoms in total. The number of hydrogen-bond acceptors (Lipinski definition) is 2. The maximum Gasteiger partial charge on any atom is 0.238 e. The molecule has 6 heteroatoms. The maximum atomic E-state index is 11.8. The van der Waals surface area contributed by atoms with Gasteiger partial charge in [0.2, 0.25) is 6.43 Å². The Labute approximate surface area is 79.5 Å². The molecule has 0 saturated heterocycles. The Hall–Kier alpha value is -0.840. The lowest BCUT2D eigenvalue weighted by molar-refractivity contribution is 0.132. The van der Waals surface area contributed by atoms with Crippen molar-refractivity contribution in [3.63, 3.8) is 0 Å². The number of rotatable bonds is 4. The van der Waals surface area contributed by atoms with Gasteiger partial charge in [-0.25, -0.2) is 8.78 Å². The molecule has 1 aromatic rings. The Balaban J connectivity index is 2.41. The lowest BCUT2D eigenvalue weighted by atomic mass is 10.3. The van der Waals surface area contributed by atoms with Gasteiger partial charge in [-0.15, -0.1) is 0 Å². The van der Waals surface area contributed by atoms with E-state index in [1.165, 1.54) is 10.9 Å². The lowest BCUT2D eigenvalue weighted by Crippen LogP contribution is -2.02. The zero-order valence-corrected chi connectivity index (χ0v) is 7.64. The van der Waals surface area contributed by atoms with Gasteiger partial charge in [0.25, 0.3) is 0 Å². The molecule has 1 aromatic heterocycles. The topological polar surface area (TPSA) is 43.8 Å². The normalized spacial score (nSPS) is 11.1. The third-order valence-electron chi connectivity index (χ3n) is 1.59. The Kier molecular flexibility index (Phi) is 3.48. The van der Waals surface area contributed by atoms with E-state index in [4.69, 9.17) is 17.3 Å². The van der Waals surface area contributed by atoms with Crippen molar-refractivity contribution in [1.82, 2.24) is 9.78 Å². The van der Waals surface area contributed by atoms with Crippen molar-refractivity contribution in [2.24, 2.45) is 0 Å². The Bertz CT molecular complexity index is 275. The molecular formula is C7H10ClF2N3. The zero-order chi connectivity index (χ0) is 9.84. The number of hydrogen-bond donors (Lipinski definition) is 1. The van der Waals surface area contributed by atoms with Crippen molar-refractivity contribution in [2.75, 3.05) is 5.73 Å². The molecule has 1 heterocycles. The van der Waals surface area contributed by atoms with E-state index in [0.29, 0.717) is 23.8 Å². The van der Waals surface area contributed by atoms with E-state index in [1.807, 2.05) is 0 Å². The Morgan fingerprint density at radius 1 is 1.62 bits per heavy atom. The van der Waals surface area contributed by atoms with Gasteiger partial charge in [0.1, 0.15) is 5.15 Å². The first-order chi connectivity index (χ1) is 6.11. The molecule has 1 rings (SSSR count). The van der Waals surface area contributed by atoms with Crippen LogP contribution < -0.4 is 5.73 Å². The highest BCUT2D eigenvalue weighted by atomic mass is 35.5. The van der Waals surface area contributed by atoms with Crippen LogP contribution in [0.4, 0.5) is 14.5 Å². The first-order valence-corrected chi connectivity index (χ1v) is 4.24. The van der Waals surface area contributed by atoms with Gasteiger partial charge < -0.3 is 5.73 Å². The van der Waals surface area contributed by atoms with Crippen molar-refractivity contribution < 1.29 is 8.78 Å². The summed E-state index contributed by atoms with van der Waals surface area (Å²) in [5.74, 6) is 0. The summed E-state index contributed by atoms with van der Waals surface area (Å²) in [7, 11) is 0. The van der Waals surface area contributed by atoms with Gasteiger partial charge >= 0.3 is 0 Å². The summed E-state index contributed by atoms with van der Waals surface area (Å²) >= 11 is 5.71. The number of nitrogens with zero attached hydrogens (tertiary/aromatic N) is 2. The molecule has 0 aliphatic heterocycles. The molecule has 0 fully saturated rings. The van der Waals surface area contributed by atoms with E-state index in [1.54, 1.807) is 0 Å². The van der Waals surface area contributed by atoms with E-state index < -0.39 is 6.43 Å². The number of anilines is 1. The molecule has 0 aromatic carbocycles. The maximum absolute atomic E-state index is 11.8. The molecule has 0 spiro atoms. The smallest absolute Gasteiger partial charge is 0.238 e. The minimum atomic E-state index is -2.27. The molecule has 74 valence electrons. The third-order valence-corrected chi connectivity index (χ3v) is 2.01. The Morgan fingerprint density at radius 3 is 2.77 bits per heavy atom. The van der Waals surface area contributed by atoms with Gasteiger partial charge in [-0.1, -0.05) is 11.6 Å². The van der Waals surface area contributed by atoms with Crippen LogP contribution in [0.3, 0.4) is 0 Å². The molecule has 0 bridgehead atoms. The summed E-state index contributed by atoms with van der Waals surface area (Å²) in [6, 6.07) is 0. The molecular weight excluding hydrogens is 200 g/mol. The fourth-order valence-electron chi connectivity index (χ4n) is 0.936. The second-order valence-corrected chi connectivity index (χ2v) is 3.01. The van der Waals surface area contributed by atoms with E-state index in [0.717, 1.165) is 0 Å². The van der Waals surface area contributed by atoms with Crippen molar-refractivity contribution in [3.05, 3.63) is 11.3 Å². The van der Waals surface area contributed by atoms with Crippen LogP contribution in [-0.4, -0.2) is 16.2 Å². The standard InChI is InChI=1S/C7H10ClF2N3/c8-7-5(11)4-12-13(7)3-1-2-6(9)10/h4,6H,1-3,11H2. The van der Waals surface area contributed by atoms with Crippen molar-refractivity contribution in [1.29, 1.82) is 0 Å². The zero-order valence-electron chi connectivity index (χ0n) is 6.88. The predicted octanol–water partition coefficient (Wildman–Crippen LogP) is 2.16. The van der Waals surface area contributed by atoms with Gasteiger partial charge in [0.05, 0.1) is 11.9 Å². The first kappa shape index (κ1) is 10.2. The fraction of sp³-hybridized carbons (Fsp3) is 0.571. The van der Waals surface area contributed by atoms with Crippen LogP contribution >= 0.6 is 11.6 Å². The lowest BCUT2D eigenvalue weighted by Gasteiger charge is -2.02. The average Bonchev–Trinajstić information content (AvgIpc) is 2.35. The molecule has 0 saturated carbocycles. The highest BCUT2D eigenvalue weighted by Gasteiger charge is 2.06. The second kappa shape index (κ2) is 4.41. The van der Waals surface area contributed by atoms with Crippen LogP contribution in [0, 0.1) is 0 Å². The first-order valence-electron chi connectivity index (χ1n) is 3.86. The molecule has 13 heavy (non-hydrogen) atoms. The highest BCUT2D eigenvalue weighted by molar-refractivity contribution is 6.31. The molecule has 0 unspecified atom stereocenters. The predicted molar refractivity (Wildman–Crippen MR) is 46.9 cm³/mol. The van der Waals surface area contributed by atoms with Gasteiger partial charge in [-0.05, 0) is 6.42 Å². The van der Waals surface area contributed by atoms with Crippen LogP contribution in [-0.2, 0) is 6.54 Å². The van der Waals surface area contributed by atoms with E-state index in [2.05, 4.69) is 5.10 Å². The SMILES string of the molecule is Nc1cnn(CCCC(F)F)c1Cl. The summed E-state index contributed by atoms with van der Waals surface area (Å²) in [6.07, 6.45) is -0.661. The summed E-state index contributed by atoms with van der Waals surface area (Å²) < 4.78 is 24.9. The third kappa shape index (κ3) is 2.84. The van der Waals surface area contributed by atoms with Crippen LogP contribution in [0.25, 0.3) is 0 Å². The van der Waals surface area contributed by atoms with Gasteiger partial charge in [-0.2, -0.15) is 5.10 Å².